The van der Waals surface area contributed by atoms with Crippen LogP contribution in [0.4, 0.5) is 5.69 Å². The molecule has 1 aliphatic rings. The Labute approximate surface area is 110 Å². The van der Waals surface area contributed by atoms with Crippen molar-refractivity contribution in [2.75, 3.05) is 18.5 Å². The standard InChI is InChI=1S/C16H23NO/c1-16(2)10-9-15(18)13(11-16)12-17(3)14-7-5-4-6-8-14/h4-8,13H,9-12H2,1-3H3. The summed E-state index contributed by atoms with van der Waals surface area (Å²) in [7, 11) is 2.07. The normalized spacial score (nSPS) is 22.8. The molecule has 0 bridgehead atoms. The topological polar surface area (TPSA) is 20.3 Å². The molecule has 0 aromatic heterocycles. The lowest BCUT2D eigenvalue weighted by atomic mass is 9.71. The molecule has 1 unspecified atom stereocenters. The van der Waals surface area contributed by atoms with E-state index in [9.17, 15) is 4.79 Å². The van der Waals surface area contributed by atoms with E-state index in [1.54, 1.807) is 0 Å². The van der Waals surface area contributed by atoms with E-state index in [1.807, 2.05) is 18.2 Å². The summed E-state index contributed by atoms with van der Waals surface area (Å²) in [6, 6.07) is 10.3. The van der Waals surface area contributed by atoms with Crippen LogP contribution in [0.2, 0.25) is 0 Å². The van der Waals surface area contributed by atoms with Gasteiger partial charge in [-0.25, -0.2) is 0 Å². The largest absolute Gasteiger partial charge is 0.374 e. The lowest BCUT2D eigenvalue weighted by Gasteiger charge is -2.36. The molecule has 0 aliphatic heterocycles. The molecule has 2 nitrogen and oxygen atoms in total. The highest BCUT2D eigenvalue weighted by molar-refractivity contribution is 5.82. The van der Waals surface area contributed by atoms with Crippen LogP contribution in [-0.2, 0) is 4.79 Å². The van der Waals surface area contributed by atoms with Crippen LogP contribution in [0, 0.1) is 11.3 Å². The van der Waals surface area contributed by atoms with Gasteiger partial charge < -0.3 is 4.90 Å². The number of hydrogen-bond donors (Lipinski definition) is 0. The minimum atomic E-state index is 0.193. The molecule has 0 amide bonds. The van der Waals surface area contributed by atoms with Gasteiger partial charge in [0.05, 0.1) is 0 Å². The fraction of sp³-hybridized carbons (Fsp3) is 0.562. The minimum Gasteiger partial charge on any atom is -0.374 e. The molecule has 0 radical (unpaired) electrons. The van der Waals surface area contributed by atoms with Gasteiger partial charge in [0.25, 0.3) is 0 Å². The molecule has 1 fully saturated rings. The number of carbonyl (C=O) groups excluding carboxylic acids is 1. The first-order chi connectivity index (χ1) is 8.48. The number of nitrogens with zero attached hydrogens (tertiary/aromatic N) is 1. The van der Waals surface area contributed by atoms with Crippen LogP contribution in [0.15, 0.2) is 30.3 Å². The number of benzene rings is 1. The number of ketones is 1. The second-order valence-electron chi connectivity index (χ2n) is 6.25. The fourth-order valence-corrected chi connectivity index (χ4v) is 2.83. The molecule has 1 aromatic carbocycles. The molecule has 0 N–H and O–H groups in total. The van der Waals surface area contributed by atoms with Crippen LogP contribution in [-0.4, -0.2) is 19.4 Å². The Morgan fingerprint density at radius 2 is 1.94 bits per heavy atom. The smallest absolute Gasteiger partial charge is 0.137 e. The van der Waals surface area contributed by atoms with Crippen molar-refractivity contribution in [3.63, 3.8) is 0 Å². The first-order valence-corrected chi connectivity index (χ1v) is 6.77. The van der Waals surface area contributed by atoms with Crippen LogP contribution in [0.5, 0.6) is 0 Å². The quantitative estimate of drug-likeness (QED) is 0.812. The third-order valence-corrected chi connectivity index (χ3v) is 3.99. The molecule has 1 aliphatic carbocycles. The average Bonchev–Trinajstić information content (AvgIpc) is 2.35. The van der Waals surface area contributed by atoms with E-state index in [0.717, 1.165) is 25.8 Å². The molecular formula is C16H23NO. The molecule has 98 valence electrons. The number of anilines is 1. The Morgan fingerprint density at radius 1 is 1.28 bits per heavy atom. The predicted molar refractivity (Wildman–Crippen MR) is 75.8 cm³/mol. The van der Waals surface area contributed by atoms with E-state index in [-0.39, 0.29) is 5.92 Å². The zero-order valence-electron chi connectivity index (χ0n) is 11.6. The van der Waals surface area contributed by atoms with Gasteiger partial charge in [0.1, 0.15) is 5.78 Å². The zero-order chi connectivity index (χ0) is 13.2. The summed E-state index contributed by atoms with van der Waals surface area (Å²) in [4.78, 5) is 14.2. The molecule has 0 saturated heterocycles. The Morgan fingerprint density at radius 3 is 2.61 bits per heavy atom. The average molecular weight is 245 g/mol. The van der Waals surface area contributed by atoms with Gasteiger partial charge in [-0.2, -0.15) is 0 Å². The summed E-state index contributed by atoms with van der Waals surface area (Å²) in [5, 5.41) is 0. The maximum absolute atomic E-state index is 12.0. The van der Waals surface area contributed by atoms with Crippen molar-refractivity contribution in [2.45, 2.75) is 33.1 Å². The lowest BCUT2D eigenvalue weighted by molar-refractivity contribution is -0.126. The van der Waals surface area contributed by atoms with Crippen molar-refractivity contribution < 1.29 is 4.79 Å². The van der Waals surface area contributed by atoms with E-state index in [4.69, 9.17) is 0 Å². The summed E-state index contributed by atoms with van der Waals surface area (Å²) in [6.07, 6.45) is 2.81. The zero-order valence-corrected chi connectivity index (χ0v) is 11.6. The molecule has 1 saturated carbocycles. The molecule has 1 atom stereocenters. The highest BCUT2D eigenvalue weighted by Gasteiger charge is 2.33. The summed E-state index contributed by atoms with van der Waals surface area (Å²) in [6.45, 7) is 5.39. The maximum Gasteiger partial charge on any atom is 0.137 e. The van der Waals surface area contributed by atoms with Crippen molar-refractivity contribution in [3.8, 4) is 0 Å². The molecule has 1 aromatic rings. The first-order valence-electron chi connectivity index (χ1n) is 6.77. The highest BCUT2D eigenvalue weighted by atomic mass is 16.1. The van der Waals surface area contributed by atoms with E-state index in [0.29, 0.717) is 11.2 Å². The van der Waals surface area contributed by atoms with Gasteiger partial charge in [0, 0.05) is 31.6 Å². The van der Waals surface area contributed by atoms with Gasteiger partial charge in [-0.05, 0) is 30.4 Å². The fourth-order valence-electron chi connectivity index (χ4n) is 2.83. The first kappa shape index (κ1) is 13.1. The highest BCUT2D eigenvalue weighted by Crippen LogP contribution is 2.37. The van der Waals surface area contributed by atoms with Gasteiger partial charge in [-0.15, -0.1) is 0 Å². The third kappa shape index (κ3) is 3.12. The number of rotatable bonds is 3. The van der Waals surface area contributed by atoms with E-state index >= 15 is 0 Å². The number of carbonyl (C=O) groups is 1. The molecule has 0 heterocycles. The van der Waals surface area contributed by atoms with Gasteiger partial charge >= 0.3 is 0 Å². The SMILES string of the molecule is CN(CC1CC(C)(C)CCC1=O)c1ccccc1. The monoisotopic (exact) mass is 245 g/mol. The molecule has 0 spiro atoms. The van der Waals surface area contributed by atoms with Crippen molar-refractivity contribution in [1.29, 1.82) is 0 Å². The van der Waals surface area contributed by atoms with Crippen LogP contribution in [0.1, 0.15) is 33.1 Å². The summed E-state index contributed by atoms with van der Waals surface area (Å²) >= 11 is 0. The Hall–Kier alpha value is -1.31. The van der Waals surface area contributed by atoms with Gasteiger partial charge in [0.15, 0.2) is 0 Å². The van der Waals surface area contributed by atoms with Crippen LogP contribution in [0.25, 0.3) is 0 Å². The van der Waals surface area contributed by atoms with Crippen molar-refractivity contribution in [2.24, 2.45) is 11.3 Å². The molecule has 18 heavy (non-hydrogen) atoms. The van der Waals surface area contributed by atoms with E-state index in [2.05, 4.69) is 37.9 Å². The van der Waals surface area contributed by atoms with Crippen molar-refractivity contribution in [1.82, 2.24) is 0 Å². The Balaban J connectivity index is 2.02. The van der Waals surface area contributed by atoms with Crippen LogP contribution < -0.4 is 4.90 Å². The molecule has 2 heteroatoms. The maximum atomic E-state index is 12.0. The molecular weight excluding hydrogens is 222 g/mol. The predicted octanol–water partition coefficient (Wildman–Crippen LogP) is 3.52. The van der Waals surface area contributed by atoms with Crippen LogP contribution >= 0.6 is 0 Å². The number of hydrogen-bond acceptors (Lipinski definition) is 2. The summed E-state index contributed by atoms with van der Waals surface area (Å²) in [5.41, 5.74) is 1.50. The Bertz CT molecular complexity index is 410. The van der Waals surface area contributed by atoms with E-state index in [1.165, 1.54) is 5.69 Å². The number of para-hydroxylation sites is 1. The van der Waals surface area contributed by atoms with Crippen molar-refractivity contribution in [3.05, 3.63) is 30.3 Å². The second kappa shape index (κ2) is 5.13. The van der Waals surface area contributed by atoms with E-state index < -0.39 is 0 Å². The summed E-state index contributed by atoms with van der Waals surface area (Å²) in [5.74, 6) is 0.635. The Kier molecular flexibility index (Phi) is 3.74. The van der Waals surface area contributed by atoms with Crippen molar-refractivity contribution >= 4 is 11.5 Å². The third-order valence-electron chi connectivity index (χ3n) is 3.99. The molecule has 2 rings (SSSR count). The number of Topliss-reactive ketones (excluding diaryl/α,β-unsaturated/α-hetero) is 1. The minimum absolute atomic E-state index is 0.193. The van der Waals surface area contributed by atoms with Gasteiger partial charge in [-0.3, -0.25) is 4.79 Å². The summed E-state index contributed by atoms with van der Waals surface area (Å²) < 4.78 is 0. The lowest BCUT2D eigenvalue weighted by Crippen LogP contribution is -2.37. The van der Waals surface area contributed by atoms with Gasteiger partial charge in [0.2, 0.25) is 0 Å². The van der Waals surface area contributed by atoms with Gasteiger partial charge in [-0.1, -0.05) is 32.0 Å². The van der Waals surface area contributed by atoms with Crippen LogP contribution in [0.3, 0.4) is 0 Å². The second-order valence-corrected chi connectivity index (χ2v) is 6.25.